The zero-order valence-corrected chi connectivity index (χ0v) is 21.7. The van der Waals surface area contributed by atoms with E-state index in [1.807, 2.05) is 26.0 Å². The van der Waals surface area contributed by atoms with Gasteiger partial charge in [0.15, 0.2) is 0 Å². The smallest absolute Gasteiger partial charge is 0.335 e. The van der Waals surface area contributed by atoms with Crippen molar-refractivity contribution in [2.24, 2.45) is 0 Å². The lowest BCUT2D eigenvalue weighted by atomic mass is 9.99. The summed E-state index contributed by atoms with van der Waals surface area (Å²) in [5.74, 6) is 0.580. The Balaban J connectivity index is 1.46. The number of ether oxygens (including phenoxy) is 2. The fourth-order valence-electron chi connectivity index (χ4n) is 4.57. The van der Waals surface area contributed by atoms with Crippen molar-refractivity contribution in [1.82, 2.24) is 9.88 Å². The number of hydrogen-bond donors (Lipinski definition) is 2. The normalized spacial score (nSPS) is 14.4. The van der Waals surface area contributed by atoms with Crippen molar-refractivity contribution in [3.8, 4) is 22.6 Å². The number of pyridine rings is 1. The predicted octanol–water partition coefficient (Wildman–Crippen LogP) is 6.11. The first kappa shape index (κ1) is 26.7. The number of aromatic carboxylic acids is 1. The molecule has 0 spiro atoms. The van der Waals surface area contributed by atoms with Crippen LogP contribution in [0, 0.1) is 5.82 Å². The first-order valence-electron chi connectivity index (χ1n) is 12.4. The first-order chi connectivity index (χ1) is 17.9. The molecule has 0 amide bonds. The van der Waals surface area contributed by atoms with E-state index >= 15 is 0 Å². The summed E-state index contributed by atoms with van der Waals surface area (Å²) in [6.07, 6.45) is 1.75. The van der Waals surface area contributed by atoms with E-state index in [4.69, 9.17) is 21.1 Å². The highest BCUT2D eigenvalue weighted by molar-refractivity contribution is 6.29. The van der Waals surface area contributed by atoms with Gasteiger partial charge in [0.2, 0.25) is 0 Å². The lowest BCUT2D eigenvalue weighted by Gasteiger charge is -2.33. The van der Waals surface area contributed by atoms with Crippen LogP contribution < -0.4 is 14.8 Å². The van der Waals surface area contributed by atoms with Gasteiger partial charge in [0.1, 0.15) is 28.3 Å². The summed E-state index contributed by atoms with van der Waals surface area (Å²) in [4.78, 5) is 17.9. The molecule has 9 heteroatoms. The minimum absolute atomic E-state index is 0.110. The van der Waals surface area contributed by atoms with Crippen LogP contribution in [0.1, 0.15) is 42.6 Å². The summed E-state index contributed by atoms with van der Waals surface area (Å²) >= 11 is 5.99. The van der Waals surface area contributed by atoms with Gasteiger partial charge in [-0.2, -0.15) is 0 Å². The highest BCUT2D eigenvalue weighted by Gasteiger charge is 2.22. The van der Waals surface area contributed by atoms with Gasteiger partial charge in [0, 0.05) is 25.7 Å². The summed E-state index contributed by atoms with van der Waals surface area (Å²) in [7, 11) is 0. The van der Waals surface area contributed by atoms with Crippen molar-refractivity contribution < 1.29 is 23.8 Å². The van der Waals surface area contributed by atoms with Gasteiger partial charge in [-0.05, 0) is 74.2 Å². The minimum atomic E-state index is -1.04. The second kappa shape index (κ2) is 12.3. The molecule has 2 heterocycles. The molecule has 2 N–H and O–H groups in total. The number of aromatic nitrogens is 1. The quantitative estimate of drug-likeness (QED) is 0.307. The van der Waals surface area contributed by atoms with E-state index < -0.39 is 5.97 Å². The highest BCUT2D eigenvalue weighted by atomic mass is 35.5. The third kappa shape index (κ3) is 6.90. The van der Waals surface area contributed by atoms with Crippen LogP contribution >= 0.6 is 11.6 Å². The summed E-state index contributed by atoms with van der Waals surface area (Å²) in [5.41, 5.74) is 2.85. The summed E-state index contributed by atoms with van der Waals surface area (Å²) in [5, 5.41) is 12.7. The Morgan fingerprint density at radius 1 is 1.08 bits per heavy atom. The van der Waals surface area contributed by atoms with Crippen molar-refractivity contribution >= 4 is 23.4 Å². The van der Waals surface area contributed by atoms with E-state index in [2.05, 4.69) is 15.2 Å². The van der Waals surface area contributed by atoms with Crippen LogP contribution in [-0.4, -0.2) is 53.3 Å². The van der Waals surface area contributed by atoms with Crippen LogP contribution in [0.15, 0.2) is 48.5 Å². The largest absolute Gasteiger partial charge is 0.493 e. The van der Waals surface area contributed by atoms with Gasteiger partial charge in [-0.1, -0.05) is 23.7 Å². The Labute approximate surface area is 221 Å². The van der Waals surface area contributed by atoms with Crippen LogP contribution in [0.5, 0.6) is 11.5 Å². The maximum atomic E-state index is 13.5. The topological polar surface area (TPSA) is 83.9 Å². The van der Waals surface area contributed by atoms with Crippen molar-refractivity contribution in [2.75, 3.05) is 31.6 Å². The van der Waals surface area contributed by atoms with Gasteiger partial charge < -0.3 is 19.9 Å². The molecule has 0 aliphatic carbocycles. The second-order valence-corrected chi connectivity index (χ2v) is 9.29. The molecule has 1 aliphatic rings. The van der Waals surface area contributed by atoms with Crippen molar-refractivity contribution in [2.45, 2.75) is 39.3 Å². The average molecular weight is 528 g/mol. The number of likely N-dealkylation sites (tertiary alicyclic amines) is 1. The van der Waals surface area contributed by atoms with Gasteiger partial charge in [0.05, 0.1) is 24.3 Å². The van der Waals surface area contributed by atoms with Gasteiger partial charge in [-0.15, -0.1) is 0 Å². The van der Waals surface area contributed by atoms with E-state index in [1.54, 1.807) is 12.1 Å². The second-order valence-electron chi connectivity index (χ2n) is 8.90. The molecular formula is C28H31ClFN3O4. The number of rotatable bonds is 10. The lowest BCUT2D eigenvalue weighted by molar-refractivity contribution is 0.0696. The number of anilines is 1. The molecule has 196 valence electrons. The zero-order chi connectivity index (χ0) is 26.4. The number of nitrogens with one attached hydrogen (secondary N) is 1. The van der Waals surface area contributed by atoms with E-state index in [9.17, 15) is 14.3 Å². The van der Waals surface area contributed by atoms with Crippen LogP contribution in [0.4, 0.5) is 10.2 Å². The number of hydrogen-bond acceptors (Lipinski definition) is 6. The third-order valence-electron chi connectivity index (χ3n) is 6.25. The number of carboxylic acid groups (broad SMARTS) is 1. The molecule has 0 radical (unpaired) electrons. The van der Waals surface area contributed by atoms with Crippen molar-refractivity contribution in [3.05, 3.63) is 70.6 Å². The molecule has 7 nitrogen and oxygen atoms in total. The van der Waals surface area contributed by atoms with Crippen molar-refractivity contribution in [3.63, 3.8) is 0 Å². The molecule has 1 fully saturated rings. The summed E-state index contributed by atoms with van der Waals surface area (Å²) in [6.45, 7) is 7.33. The molecule has 0 atom stereocenters. The van der Waals surface area contributed by atoms with Crippen LogP contribution in [0.2, 0.25) is 5.15 Å². The molecule has 0 unspecified atom stereocenters. The molecule has 1 aliphatic heterocycles. The SMILES string of the molecule is CCOc1cc(CN2CCC(Nc3cc(C(=O)O)cc(Cl)n3)CC2)cc(OCC)c1-c1ccc(F)cc1. The zero-order valence-electron chi connectivity index (χ0n) is 21.0. The number of carbonyl (C=O) groups is 1. The molecule has 0 saturated carbocycles. The number of carboxylic acids is 1. The van der Waals surface area contributed by atoms with Crippen LogP contribution in [0.3, 0.4) is 0 Å². The Morgan fingerprint density at radius 2 is 1.70 bits per heavy atom. The van der Waals surface area contributed by atoms with Gasteiger partial charge >= 0.3 is 5.97 Å². The Bertz CT molecular complexity index is 1200. The van der Waals surface area contributed by atoms with Crippen LogP contribution in [-0.2, 0) is 6.54 Å². The summed E-state index contributed by atoms with van der Waals surface area (Å²) < 4.78 is 25.5. The average Bonchev–Trinajstić information content (AvgIpc) is 2.86. The number of nitrogens with zero attached hydrogens (tertiary/aromatic N) is 2. The fourth-order valence-corrected chi connectivity index (χ4v) is 4.78. The minimum Gasteiger partial charge on any atom is -0.493 e. The van der Waals surface area contributed by atoms with E-state index in [0.29, 0.717) is 30.5 Å². The molecule has 3 aromatic rings. The monoisotopic (exact) mass is 527 g/mol. The molecule has 2 aromatic carbocycles. The Kier molecular flexibility index (Phi) is 8.84. The third-order valence-corrected chi connectivity index (χ3v) is 6.44. The Hall–Kier alpha value is -3.36. The number of piperidine rings is 1. The van der Waals surface area contributed by atoms with Gasteiger partial charge in [-0.25, -0.2) is 14.2 Å². The van der Waals surface area contributed by atoms with E-state index in [1.165, 1.54) is 24.3 Å². The fraction of sp³-hybridized carbons (Fsp3) is 0.357. The maximum Gasteiger partial charge on any atom is 0.335 e. The highest BCUT2D eigenvalue weighted by Crippen LogP contribution is 2.40. The molecule has 4 rings (SSSR count). The molecule has 1 saturated heterocycles. The summed E-state index contributed by atoms with van der Waals surface area (Å²) in [6, 6.07) is 13.4. The predicted molar refractivity (Wildman–Crippen MR) is 142 cm³/mol. The van der Waals surface area contributed by atoms with E-state index in [0.717, 1.165) is 49.2 Å². The number of benzene rings is 2. The molecule has 37 heavy (non-hydrogen) atoms. The Morgan fingerprint density at radius 3 is 2.27 bits per heavy atom. The molecule has 0 bridgehead atoms. The number of halogens is 2. The molecular weight excluding hydrogens is 497 g/mol. The van der Waals surface area contributed by atoms with Crippen LogP contribution in [0.25, 0.3) is 11.1 Å². The first-order valence-corrected chi connectivity index (χ1v) is 12.8. The standard InChI is InChI=1S/C28H31ClFN3O4/c1-3-36-23-13-18(14-24(37-4-2)27(23)19-5-7-21(30)8-6-19)17-33-11-9-22(10-12-33)31-26-16-20(28(34)35)15-25(29)32-26/h5-8,13-16,22H,3-4,9-12,17H2,1-2H3,(H,31,32)(H,34,35). The maximum absolute atomic E-state index is 13.5. The lowest BCUT2D eigenvalue weighted by Crippen LogP contribution is -2.38. The van der Waals surface area contributed by atoms with Gasteiger partial charge in [-0.3, -0.25) is 4.90 Å². The van der Waals surface area contributed by atoms with Crippen molar-refractivity contribution in [1.29, 1.82) is 0 Å². The van der Waals surface area contributed by atoms with Gasteiger partial charge in [0.25, 0.3) is 0 Å². The molecule has 1 aromatic heterocycles. The van der Waals surface area contributed by atoms with E-state index in [-0.39, 0.29) is 22.6 Å².